The predicted octanol–water partition coefficient (Wildman–Crippen LogP) is 2.45. The summed E-state index contributed by atoms with van der Waals surface area (Å²) in [5.41, 5.74) is 1.07. The number of methoxy groups -OCH3 is 1. The minimum atomic E-state index is 0. The number of nitrogens with one attached hydrogen (secondary N) is 2. The van der Waals surface area contributed by atoms with Gasteiger partial charge in [0.1, 0.15) is 18.1 Å². The third-order valence-electron chi connectivity index (χ3n) is 3.16. The Morgan fingerprint density at radius 2 is 2.00 bits per heavy atom. The second kappa shape index (κ2) is 11.5. The second-order valence-corrected chi connectivity index (χ2v) is 4.70. The van der Waals surface area contributed by atoms with Gasteiger partial charge >= 0.3 is 0 Å². The maximum Gasteiger partial charge on any atom is 0.191 e. The molecule has 2 aromatic rings. The maximum atomic E-state index is 5.57. The lowest BCUT2D eigenvalue weighted by Crippen LogP contribution is -2.38. The third kappa shape index (κ3) is 6.61. The van der Waals surface area contributed by atoms with Gasteiger partial charge in [0.05, 0.1) is 19.9 Å². The van der Waals surface area contributed by atoms with E-state index >= 15 is 0 Å². The van der Waals surface area contributed by atoms with Crippen LogP contribution >= 0.6 is 24.0 Å². The molecule has 130 valence electrons. The normalized spacial score (nSPS) is 10.5. The van der Waals surface area contributed by atoms with Crippen LogP contribution in [0.3, 0.4) is 0 Å². The SMILES string of the molecule is CN=C(NCCOc1cccnc1)NCc1ccccc1OC.I. The number of guanidine groups is 1. The summed E-state index contributed by atoms with van der Waals surface area (Å²) in [7, 11) is 3.40. The van der Waals surface area contributed by atoms with E-state index in [4.69, 9.17) is 9.47 Å². The summed E-state index contributed by atoms with van der Waals surface area (Å²) >= 11 is 0. The van der Waals surface area contributed by atoms with E-state index in [9.17, 15) is 0 Å². The Hall–Kier alpha value is -2.03. The number of benzene rings is 1. The highest BCUT2D eigenvalue weighted by Gasteiger charge is 2.03. The fraction of sp³-hybridized carbons (Fsp3) is 0.294. The van der Waals surface area contributed by atoms with E-state index in [0.29, 0.717) is 25.7 Å². The first kappa shape index (κ1) is 20.0. The van der Waals surface area contributed by atoms with Crippen molar-refractivity contribution in [2.24, 2.45) is 4.99 Å². The molecule has 0 radical (unpaired) electrons. The summed E-state index contributed by atoms with van der Waals surface area (Å²) in [5, 5.41) is 6.45. The van der Waals surface area contributed by atoms with Gasteiger partial charge in [-0.25, -0.2) is 0 Å². The molecule has 0 atom stereocenters. The van der Waals surface area contributed by atoms with Crippen LogP contribution in [0.1, 0.15) is 5.56 Å². The summed E-state index contributed by atoms with van der Waals surface area (Å²) in [4.78, 5) is 8.19. The Balaban J connectivity index is 0.00000288. The summed E-state index contributed by atoms with van der Waals surface area (Å²) in [5.74, 6) is 2.33. The topological polar surface area (TPSA) is 67.8 Å². The first-order valence-corrected chi connectivity index (χ1v) is 7.42. The largest absolute Gasteiger partial charge is 0.496 e. The van der Waals surface area contributed by atoms with Crippen LogP contribution in [0.2, 0.25) is 0 Å². The second-order valence-electron chi connectivity index (χ2n) is 4.70. The molecule has 0 fully saturated rings. The number of hydrogen-bond donors (Lipinski definition) is 2. The zero-order chi connectivity index (χ0) is 16.3. The summed E-state index contributed by atoms with van der Waals surface area (Å²) < 4.78 is 10.9. The smallest absolute Gasteiger partial charge is 0.191 e. The predicted molar refractivity (Wildman–Crippen MR) is 106 cm³/mol. The first-order valence-electron chi connectivity index (χ1n) is 7.42. The Morgan fingerprint density at radius 1 is 1.17 bits per heavy atom. The number of nitrogens with zero attached hydrogens (tertiary/aromatic N) is 2. The van der Waals surface area contributed by atoms with Crippen LogP contribution < -0.4 is 20.1 Å². The van der Waals surface area contributed by atoms with E-state index in [0.717, 1.165) is 17.1 Å². The molecule has 2 N–H and O–H groups in total. The lowest BCUT2D eigenvalue weighted by molar-refractivity contribution is 0.320. The van der Waals surface area contributed by atoms with E-state index in [1.54, 1.807) is 26.6 Å². The number of aliphatic imine (C=N–C) groups is 1. The fourth-order valence-electron chi connectivity index (χ4n) is 2.02. The number of hydrogen-bond acceptors (Lipinski definition) is 4. The highest BCUT2D eigenvalue weighted by Crippen LogP contribution is 2.16. The van der Waals surface area contributed by atoms with Gasteiger partial charge < -0.3 is 20.1 Å². The molecule has 6 nitrogen and oxygen atoms in total. The zero-order valence-corrected chi connectivity index (χ0v) is 16.2. The molecule has 1 heterocycles. The maximum absolute atomic E-state index is 5.57. The van der Waals surface area contributed by atoms with Crippen molar-refractivity contribution < 1.29 is 9.47 Å². The van der Waals surface area contributed by atoms with Crippen LogP contribution in [0.25, 0.3) is 0 Å². The van der Waals surface area contributed by atoms with E-state index < -0.39 is 0 Å². The van der Waals surface area contributed by atoms with Gasteiger partial charge in [-0.1, -0.05) is 18.2 Å². The molecule has 0 amide bonds. The minimum Gasteiger partial charge on any atom is -0.496 e. The fourth-order valence-corrected chi connectivity index (χ4v) is 2.02. The van der Waals surface area contributed by atoms with Crippen molar-refractivity contribution in [3.05, 3.63) is 54.4 Å². The molecule has 24 heavy (non-hydrogen) atoms. The summed E-state index contributed by atoms with van der Waals surface area (Å²) in [6.07, 6.45) is 3.41. The van der Waals surface area contributed by atoms with Crippen molar-refractivity contribution >= 4 is 29.9 Å². The van der Waals surface area contributed by atoms with Crippen LogP contribution in [0, 0.1) is 0 Å². The number of para-hydroxylation sites is 1. The van der Waals surface area contributed by atoms with Crippen molar-refractivity contribution in [3.63, 3.8) is 0 Å². The average Bonchev–Trinajstić information content (AvgIpc) is 2.62. The molecule has 0 bridgehead atoms. The molecule has 2 rings (SSSR count). The number of aromatic nitrogens is 1. The number of halogens is 1. The molecular weight excluding hydrogens is 419 g/mol. The molecule has 0 spiro atoms. The molecule has 0 aliphatic carbocycles. The number of rotatable bonds is 7. The van der Waals surface area contributed by atoms with E-state index in [1.165, 1.54) is 0 Å². The molecule has 0 saturated heterocycles. The lowest BCUT2D eigenvalue weighted by atomic mass is 10.2. The Bertz CT molecular complexity index is 623. The van der Waals surface area contributed by atoms with Gasteiger partial charge in [0, 0.05) is 25.4 Å². The van der Waals surface area contributed by atoms with E-state index in [-0.39, 0.29) is 24.0 Å². The minimum absolute atomic E-state index is 0. The lowest BCUT2D eigenvalue weighted by Gasteiger charge is -2.14. The molecule has 0 unspecified atom stereocenters. The van der Waals surface area contributed by atoms with Gasteiger partial charge in [-0.2, -0.15) is 0 Å². The van der Waals surface area contributed by atoms with Crippen LogP contribution in [0.4, 0.5) is 0 Å². The molecule has 0 saturated carbocycles. The van der Waals surface area contributed by atoms with Crippen molar-refractivity contribution in [2.75, 3.05) is 27.3 Å². The Labute approximate surface area is 159 Å². The highest BCUT2D eigenvalue weighted by molar-refractivity contribution is 14.0. The molecule has 0 aliphatic rings. The third-order valence-corrected chi connectivity index (χ3v) is 3.16. The Morgan fingerprint density at radius 3 is 2.71 bits per heavy atom. The van der Waals surface area contributed by atoms with Gasteiger partial charge in [0.25, 0.3) is 0 Å². The van der Waals surface area contributed by atoms with Gasteiger partial charge in [0.15, 0.2) is 5.96 Å². The van der Waals surface area contributed by atoms with Gasteiger partial charge in [-0.3, -0.25) is 9.98 Å². The monoisotopic (exact) mass is 442 g/mol. The molecule has 1 aromatic carbocycles. The standard InChI is InChI=1S/C17H22N4O2.HI/c1-18-17(20-10-11-23-15-7-5-9-19-13-15)21-12-14-6-3-4-8-16(14)22-2;/h3-9,13H,10-12H2,1-2H3,(H2,18,20,21);1H. The van der Waals surface area contributed by atoms with E-state index in [2.05, 4.69) is 20.6 Å². The quantitative estimate of drug-likeness (QED) is 0.299. The summed E-state index contributed by atoms with van der Waals surface area (Å²) in [6.45, 7) is 1.80. The van der Waals surface area contributed by atoms with Crippen molar-refractivity contribution in [2.45, 2.75) is 6.54 Å². The van der Waals surface area contributed by atoms with Gasteiger partial charge in [-0.15, -0.1) is 24.0 Å². The van der Waals surface area contributed by atoms with Crippen LogP contribution in [0.15, 0.2) is 53.8 Å². The molecule has 7 heteroatoms. The number of ether oxygens (including phenoxy) is 2. The van der Waals surface area contributed by atoms with Crippen molar-refractivity contribution in [1.29, 1.82) is 0 Å². The molecular formula is C17H23IN4O2. The average molecular weight is 442 g/mol. The Kier molecular flexibility index (Phi) is 9.59. The van der Waals surface area contributed by atoms with Crippen molar-refractivity contribution in [3.8, 4) is 11.5 Å². The van der Waals surface area contributed by atoms with Crippen LogP contribution in [-0.2, 0) is 6.54 Å². The highest BCUT2D eigenvalue weighted by atomic mass is 127. The number of pyridine rings is 1. The molecule has 0 aliphatic heterocycles. The van der Waals surface area contributed by atoms with Crippen LogP contribution in [0.5, 0.6) is 11.5 Å². The van der Waals surface area contributed by atoms with Gasteiger partial charge in [-0.05, 0) is 18.2 Å². The van der Waals surface area contributed by atoms with Crippen LogP contribution in [-0.4, -0.2) is 38.3 Å². The first-order chi connectivity index (χ1) is 11.3. The molecule has 1 aromatic heterocycles. The summed E-state index contributed by atoms with van der Waals surface area (Å²) in [6, 6.07) is 11.6. The van der Waals surface area contributed by atoms with Gasteiger partial charge in [0.2, 0.25) is 0 Å². The van der Waals surface area contributed by atoms with E-state index in [1.807, 2.05) is 36.4 Å². The van der Waals surface area contributed by atoms with Crippen molar-refractivity contribution in [1.82, 2.24) is 15.6 Å². The zero-order valence-electron chi connectivity index (χ0n) is 13.9.